The maximum Gasteiger partial charge on any atom is 0.236 e. The van der Waals surface area contributed by atoms with Crippen LogP contribution in [0.1, 0.15) is 20.3 Å². The van der Waals surface area contributed by atoms with E-state index in [-0.39, 0.29) is 23.9 Å². The van der Waals surface area contributed by atoms with Gasteiger partial charge in [-0.1, -0.05) is 0 Å². The van der Waals surface area contributed by atoms with Gasteiger partial charge in [-0.2, -0.15) is 0 Å². The Balaban J connectivity index is 0. The molecule has 18 heavy (non-hydrogen) atoms. The molecule has 0 aromatic carbocycles. The summed E-state index contributed by atoms with van der Waals surface area (Å²) in [6, 6.07) is -0.503. The SMILES string of the molecule is CNC(=O)C(C)N.CNC(=O)C(C)NCCCN. The van der Waals surface area contributed by atoms with E-state index in [1.807, 2.05) is 6.92 Å². The number of hydrogen-bond donors (Lipinski definition) is 5. The molecule has 0 spiro atoms. The number of rotatable bonds is 6. The maximum absolute atomic E-state index is 10.9. The zero-order valence-corrected chi connectivity index (χ0v) is 11.7. The Morgan fingerprint density at radius 2 is 1.61 bits per heavy atom. The predicted octanol–water partition coefficient (Wildman–Crippen LogP) is -1.86. The smallest absolute Gasteiger partial charge is 0.236 e. The summed E-state index contributed by atoms with van der Waals surface area (Å²) in [5.74, 6) is -0.109. The molecule has 0 rings (SSSR count). The van der Waals surface area contributed by atoms with Crippen molar-refractivity contribution in [1.29, 1.82) is 0 Å². The summed E-state index contributed by atoms with van der Waals surface area (Å²) in [7, 11) is 3.19. The van der Waals surface area contributed by atoms with Crippen molar-refractivity contribution in [3.63, 3.8) is 0 Å². The maximum atomic E-state index is 10.9. The van der Waals surface area contributed by atoms with Crippen molar-refractivity contribution in [1.82, 2.24) is 16.0 Å². The average Bonchev–Trinajstić information content (AvgIpc) is 2.37. The van der Waals surface area contributed by atoms with Crippen molar-refractivity contribution >= 4 is 11.8 Å². The first-order valence-corrected chi connectivity index (χ1v) is 6.02. The van der Waals surface area contributed by atoms with Crippen molar-refractivity contribution in [2.45, 2.75) is 32.4 Å². The first-order chi connectivity index (χ1) is 8.40. The van der Waals surface area contributed by atoms with Crippen molar-refractivity contribution in [3.8, 4) is 0 Å². The molecule has 0 heterocycles. The van der Waals surface area contributed by atoms with Crippen LogP contribution in [0.3, 0.4) is 0 Å². The zero-order valence-electron chi connectivity index (χ0n) is 11.7. The predicted molar refractivity (Wildman–Crippen MR) is 72.9 cm³/mol. The van der Waals surface area contributed by atoms with Crippen LogP contribution >= 0.6 is 0 Å². The first-order valence-electron chi connectivity index (χ1n) is 6.02. The summed E-state index contributed by atoms with van der Waals surface area (Å²) in [6.45, 7) is 4.92. The van der Waals surface area contributed by atoms with Gasteiger partial charge < -0.3 is 27.4 Å². The van der Waals surface area contributed by atoms with E-state index < -0.39 is 0 Å². The molecule has 2 unspecified atom stereocenters. The molecule has 0 aliphatic rings. The highest BCUT2D eigenvalue weighted by Crippen LogP contribution is 1.80. The Morgan fingerprint density at radius 1 is 1.11 bits per heavy atom. The second-order valence-corrected chi connectivity index (χ2v) is 3.84. The molecule has 0 radical (unpaired) electrons. The van der Waals surface area contributed by atoms with Crippen molar-refractivity contribution in [2.75, 3.05) is 27.2 Å². The van der Waals surface area contributed by atoms with E-state index >= 15 is 0 Å². The van der Waals surface area contributed by atoms with Crippen LogP contribution in [0.15, 0.2) is 0 Å². The number of carbonyl (C=O) groups excluding carboxylic acids is 2. The van der Waals surface area contributed by atoms with E-state index in [1.165, 1.54) is 0 Å². The molecule has 0 saturated heterocycles. The van der Waals surface area contributed by atoms with Gasteiger partial charge in [0.15, 0.2) is 0 Å². The van der Waals surface area contributed by atoms with Crippen molar-refractivity contribution < 1.29 is 9.59 Å². The quantitative estimate of drug-likeness (QED) is 0.359. The Bertz CT molecular complexity index is 233. The molecule has 0 aliphatic carbocycles. The summed E-state index contributed by atoms with van der Waals surface area (Å²) in [5, 5.41) is 8.00. The van der Waals surface area contributed by atoms with Crippen molar-refractivity contribution in [2.24, 2.45) is 11.5 Å². The van der Waals surface area contributed by atoms with Crippen LogP contribution in [-0.4, -0.2) is 51.1 Å². The molecule has 0 bridgehead atoms. The molecule has 0 aromatic heterocycles. The zero-order chi connectivity index (χ0) is 14.6. The van der Waals surface area contributed by atoms with Gasteiger partial charge >= 0.3 is 0 Å². The normalized spacial score (nSPS) is 12.8. The third-order valence-electron chi connectivity index (χ3n) is 2.13. The van der Waals surface area contributed by atoms with Crippen LogP contribution in [0.4, 0.5) is 0 Å². The Labute approximate surface area is 109 Å². The van der Waals surface area contributed by atoms with Gasteiger partial charge in [0.2, 0.25) is 11.8 Å². The lowest BCUT2D eigenvalue weighted by Crippen LogP contribution is -2.41. The minimum absolute atomic E-state index is 0.0158. The first kappa shape index (κ1) is 19.2. The molecular formula is C11H27N5O2. The molecular weight excluding hydrogens is 234 g/mol. The summed E-state index contributed by atoms with van der Waals surface area (Å²) in [5.41, 5.74) is 10.4. The third-order valence-corrected chi connectivity index (χ3v) is 2.13. The summed E-state index contributed by atoms with van der Waals surface area (Å²) < 4.78 is 0. The largest absolute Gasteiger partial charge is 0.358 e. The monoisotopic (exact) mass is 261 g/mol. The lowest BCUT2D eigenvalue weighted by Gasteiger charge is -2.10. The van der Waals surface area contributed by atoms with E-state index in [4.69, 9.17) is 11.5 Å². The molecule has 7 N–H and O–H groups in total. The van der Waals surface area contributed by atoms with E-state index in [0.717, 1.165) is 13.0 Å². The molecule has 108 valence electrons. The topological polar surface area (TPSA) is 122 Å². The fraction of sp³-hybridized carbons (Fsp3) is 0.818. The number of likely N-dealkylation sites (N-methyl/N-ethyl adjacent to an activating group) is 2. The van der Waals surface area contributed by atoms with Gasteiger partial charge in [0, 0.05) is 14.1 Å². The molecule has 2 atom stereocenters. The van der Waals surface area contributed by atoms with Crippen LogP contribution < -0.4 is 27.4 Å². The summed E-state index contributed by atoms with van der Waals surface area (Å²) in [6.07, 6.45) is 0.904. The van der Waals surface area contributed by atoms with E-state index in [0.29, 0.717) is 6.54 Å². The van der Waals surface area contributed by atoms with Gasteiger partial charge in [0.25, 0.3) is 0 Å². The lowest BCUT2D eigenvalue weighted by atomic mass is 10.3. The molecule has 0 fully saturated rings. The van der Waals surface area contributed by atoms with Gasteiger partial charge in [0.05, 0.1) is 12.1 Å². The van der Waals surface area contributed by atoms with Crippen molar-refractivity contribution in [3.05, 3.63) is 0 Å². The minimum atomic E-state index is -0.384. The number of hydrogen-bond acceptors (Lipinski definition) is 5. The molecule has 7 heteroatoms. The van der Waals surface area contributed by atoms with Crippen LogP contribution in [0.5, 0.6) is 0 Å². The number of amides is 2. The van der Waals surface area contributed by atoms with Gasteiger partial charge in [-0.05, 0) is 33.4 Å². The fourth-order valence-electron chi connectivity index (χ4n) is 0.958. The summed E-state index contributed by atoms with van der Waals surface area (Å²) in [4.78, 5) is 21.2. The summed E-state index contributed by atoms with van der Waals surface area (Å²) >= 11 is 0. The second kappa shape index (κ2) is 12.3. The van der Waals surface area contributed by atoms with Crippen LogP contribution in [-0.2, 0) is 9.59 Å². The standard InChI is InChI=1S/C7H17N3O.C4H10N2O/c1-6(7(11)9-2)10-5-3-4-8;1-3(5)4(7)6-2/h6,10H,3-5,8H2,1-2H3,(H,9,11);3H,5H2,1-2H3,(H,6,7). The second-order valence-electron chi connectivity index (χ2n) is 3.84. The van der Waals surface area contributed by atoms with Gasteiger partial charge in [-0.15, -0.1) is 0 Å². The number of nitrogens with one attached hydrogen (secondary N) is 3. The fourth-order valence-corrected chi connectivity index (χ4v) is 0.958. The van der Waals surface area contributed by atoms with Crippen LogP contribution in [0.2, 0.25) is 0 Å². The third kappa shape index (κ3) is 11.3. The highest BCUT2D eigenvalue weighted by molar-refractivity contribution is 5.81. The molecule has 0 saturated carbocycles. The van der Waals surface area contributed by atoms with E-state index in [2.05, 4.69) is 16.0 Å². The Morgan fingerprint density at radius 3 is 1.89 bits per heavy atom. The molecule has 0 aliphatic heterocycles. The van der Waals surface area contributed by atoms with Crippen LogP contribution in [0.25, 0.3) is 0 Å². The molecule has 0 aromatic rings. The lowest BCUT2D eigenvalue weighted by molar-refractivity contribution is -0.122. The Hall–Kier alpha value is -1.18. The van der Waals surface area contributed by atoms with Gasteiger partial charge in [-0.3, -0.25) is 9.59 Å². The minimum Gasteiger partial charge on any atom is -0.358 e. The number of carbonyl (C=O) groups is 2. The Kier molecular flexibility index (Phi) is 13.1. The van der Waals surface area contributed by atoms with Gasteiger partial charge in [0.1, 0.15) is 0 Å². The molecule has 2 amide bonds. The van der Waals surface area contributed by atoms with Gasteiger partial charge in [-0.25, -0.2) is 0 Å². The highest BCUT2D eigenvalue weighted by atomic mass is 16.2. The number of nitrogens with two attached hydrogens (primary N) is 2. The van der Waals surface area contributed by atoms with Crippen LogP contribution in [0, 0.1) is 0 Å². The molecule has 7 nitrogen and oxygen atoms in total. The van der Waals surface area contributed by atoms with E-state index in [9.17, 15) is 9.59 Å². The average molecular weight is 261 g/mol. The highest BCUT2D eigenvalue weighted by Gasteiger charge is 2.07. The van der Waals surface area contributed by atoms with E-state index in [1.54, 1.807) is 21.0 Å².